The van der Waals surface area contributed by atoms with Gasteiger partial charge in [-0.15, -0.1) is 0 Å². The largest absolute Gasteiger partial charge is 0.385 e. The molecule has 0 saturated heterocycles. The molecule has 0 saturated carbocycles. The quantitative estimate of drug-likeness (QED) is 0.837. The van der Waals surface area contributed by atoms with Gasteiger partial charge in [-0.25, -0.2) is 0 Å². The van der Waals surface area contributed by atoms with Crippen LogP contribution in [0, 0.1) is 17.2 Å². The average molecular weight is 237 g/mol. The molecule has 1 unspecified atom stereocenters. The molecule has 1 rings (SSSR count). The smallest absolute Gasteiger partial charge is 0.101 e. The van der Waals surface area contributed by atoms with Crippen molar-refractivity contribution in [1.82, 2.24) is 0 Å². The van der Waals surface area contributed by atoms with Crippen LogP contribution in [0.5, 0.6) is 0 Å². The molecule has 0 aromatic heterocycles. The van der Waals surface area contributed by atoms with E-state index in [2.05, 4.69) is 25.2 Å². The molecular weight excluding hydrogens is 220 g/mol. The van der Waals surface area contributed by atoms with Gasteiger partial charge in [-0.1, -0.05) is 31.9 Å². The van der Waals surface area contributed by atoms with Gasteiger partial charge >= 0.3 is 0 Å². The summed E-state index contributed by atoms with van der Waals surface area (Å²) in [5.74, 6) is 0.645. The molecule has 1 aromatic rings. The molecule has 1 aromatic carbocycles. The second-order valence-electron chi connectivity index (χ2n) is 4.08. The molecule has 86 valence electrons. The van der Waals surface area contributed by atoms with E-state index >= 15 is 0 Å². The first-order chi connectivity index (χ1) is 7.67. The number of rotatable bonds is 5. The highest BCUT2D eigenvalue weighted by atomic mass is 35.5. The summed E-state index contributed by atoms with van der Waals surface area (Å²) in [6, 6.07) is 7.53. The maximum absolute atomic E-state index is 8.84. The van der Waals surface area contributed by atoms with Crippen LogP contribution in [-0.4, -0.2) is 6.54 Å². The second-order valence-corrected chi connectivity index (χ2v) is 4.49. The van der Waals surface area contributed by atoms with Gasteiger partial charge < -0.3 is 5.32 Å². The highest BCUT2D eigenvalue weighted by Gasteiger charge is 2.03. The molecule has 2 nitrogen and oxygen atoms in total. The van der Waals surface area contributed by atoms with Gasteiger partial charge in [-0.05, 0) is 30.5 Å². The number of anilines is 1. The number of benzene rings is 1. The van der Waals surface area contributed by atoms with E-state index in [4.69, 9.17) is 16.9 Å². The molecule has 1 atom stereocenters. The van der Waals surface area contributed by atoms with Gasteiger partial charge in [0.2, 0.25) is 0 Å². The molecule has 1 N–H and O–H groups in total. The van der Waals surface area contributed by atoms with Crippen molar-refractivity contribution in [2.45, 2.75) is 26.7 Å². The van der Waals surface area contributed by atoms with Crippen LogP contribution >= 0.6 is 11.6 Å². The average Bonchev–Trinajstić information content (AvgIpc) is 2.28. The summed E-state index contributed by atoms with van der Waals surface area (Å²) in [7, 11) is 0. The summed E-state index contributed by atoms with van der Waals surface area (Å²) in [5.41, 5.74) is 1.48. The molecule has 0 heterocycles. The minimum Gasteiger partial charge on any atom is -0.385 e. The second kappa shape index (κ2) is 6.40. The van der Waals surface area contributed by atoms with Gasteiger partial charge in [0.25, 0.3) is 0 Å². The van der Waals surface area contributed by atoms with E-state index in [1.165, 1.54) is 12.8 Å². The standard InChI is InChI=1S/C13H17ClN2/c1-3-4-10(2)9-16-12-5-6-13(14)11(7-12)8-15/h5-7,10,16H,3-4,9H2,1-2H3. The van der Waals surface area contributed by atoms with Crippen LogP contribution < -0.4 is 5.32 Å². The van der Waals surface area contributed by atoms with Crippen LogP contribution in [0.4, 0.5) is 5.69 Å². The first-order valence-electron chi connectivity index (χ1n) is 5.61. The fourth-order valence-electron chi connectivity index (χ4n) is 1.61. The summed E-state index contributed by atoms with van der Waals surface area (Å²) in [4.78, 5) is 0. The van der Waals surface area contributed by atoms with E-state index in [-0.39, 0.29) is 0 Å². The maximum Gasteiger partial charge on any atom is 0.101 e. The van der Waals surface area contributed by atoms with Crippen molar-refractivity contribution in [2.75, 3.05) is 11.9 Å². The summed E-state index contributed by atoms with van der Waals surface area (Å²) in [5, 5.41) is 12.7. The highest BCUT2D eigenvalue weighted by molar-refractivity contribution is 6.31. The molecule has 0 amide bonds. The highest BCUT2D eigenvalue weighted by Crippen LogP contribution is 2.20. The Hall–Kier alpha value is -1.20. The summed E-state index contributed by atoms with van der Waals surface area (Å²) in [6.07, 6.45) is 2.42. The zero-order valence-corrected chi connectivity index (χ0v) is 10.5. The van der Waals surface area contributed by atoms with Crippen LogP contribution in [0.2, 0.25) is 5.02 Å². The lowest BCUT2D eigenvalue weighted by atomic mass is 10.1. The maximum atomic E-state index is 8.84. The number of halogens is 1. The topological polar surface area (TPSA) is 35.8 Å². The molecule has 0 aliphatic carbocycles. The zero-order chi connectivity index (χ0) is 12.0. The fourth-order valence-corrected chi connectivity index (χ4v) is 1.77. The zero-order valence-electron chi connectivity index (χ0n) is 9.76. The van der Waals surface area contributed by atoms with Gasteiger partial charge in [0.05, 0.1) is 10.6 Å². The van der Waals surface area contributed by atoms with Gasteiger partial charge in [0, 0.05) is 12.2 Å². The van der Waals surface area contributed by atoms with E-state index < -0.39 is 0 Å². The number of nitriles is 1. The molecule has 0 radical (unpaired) electrons. The third kappa shape index (κ3) is 3.75. The molecule has 3 heteroatoms. The van der Waals surface area contributed by atoms with E-state index in [0.717, 1.165) is 12.2 Å². The summed E-state index contributed by atoms with van der Waals surface area (Å²) < 4.78 is 0. The van der Waals surface area contributed by atoms with Crippen LogP contribution in [-0.2, 0) is 0 Å². The van der Waals surface area contributed by atoms with E-state index in [1.54, 1.807) is 12.1 Å². The number of nitrogens with one attached hydrogen (secondary N) is 1. The van der Waals surface area contributed by atoms with Crippen LogP contribution in [0.25, 0.3) is 0 Å². The van der Waals surface area contributed by atoms with Crippen molar-refractivity contribution < 1.29 is 0 Å². The van der Waals surface area contributed by atoms with Crippen molar-refractivity contribution in [2.24, 2.45) is 5.92 Å². The first kappa shape index (κ1) is 12.9. The summed E-state index contributed by atoms with van der Waals surface area (Å²) in [6.45, 7) is 5.34. The Labute approximate surface area is 102 Å². The molecule has 0 aliphatic rings. The van der Waals surface area contributed by atoms with Crippen molar-refractivity contribution in [3.05, 3.63) is 28.8 Å². The van der Waals surface area contributed by atoms with Gasteiger partial charge in [0.15, 0.2) is 0 Å². The fraction of sp³-hybridized carbons (Fsp3) is 0.462. The normalized spacial score (nSPS) is 11.9. The van der Waals surface area contributed by atoms with Crippen molar-refractivity contribution in [3.8, 4) is 6.07 Å². The molecule has 0 spiro atoms. The Bertz CT molecular complexity index is 382. The van der Waals surface area contributed by atoms with Crippen molar-refractivity contribution in [3.63, 3.8) is 0 Å². The minimum absolute atomic E-state index is 0.509. The van der Waals surface area contributed by atoms with Crippen molar-refractivity contribution in [1.29, 1.82) is 5.26 Å². The van der Waals surface area contributed by atoms with E-state index in [0.29, 0.717) is 16.5 Å². The molecular formula is C13H17ClN2. The Morgan fingerprint density at radius 1 is 1.50 bits per heavy atom. The Morgan fingerprint density at radius 3 is 2.88 bits per heavy atom. The molecule has 0 bridgehead atoms. The monoisotopic (exact) mass is 236 g/mol. The van der Waals surface area contributed by atoms with Gasteiger partial charge in [-0.3, -0.25) is 0 Å². The molecule has 0 aliphatic heterocycles. The van der Waals surface area contributed by atoms with Crippen LogP contribution in [0.3, 0.4) is 0 Å². The third-order valence-electron chi connectivity index (χ3n) is 2.52. The predicted molar refractivity (Wildman–Crippen MR) is 68.7 cm³/mol. The number of nitrogens with zero attached hydrogens (tertiary/aromatic N) is 1. The van der Waals surface area contributed by atoms with E-state index in [9.17, 15) is 0 Å². The van der Waals surface area contributed by atoms with E-state index in [1.807, 2.05) is 6.07 Å². The lowest BCUT2D eigenvalue weighted by Gasteiger charge is -2.12. The predicted octanol–water partition coefficient (Wildman–Crippen LogP) is 4.06. The Morgan fingerprint density at radius 2 is 2.25 bits per heavy atom. The van der Waals surface area contributed by atoms with Crippen LogP contribution in [0.1, 0.15) is 32.3 Å². The van der Waals surface area contributed by atoms with Gasteiger partial charge in [0.1, 0.15) is 6.07 Å². The lowest BCUT2D eigenvalue weighted by molar-refractivity contribution is 0.551. The number of hydrogen-bond acceptors (Lipinski definition) is 2. The Kier molecular flexibility index (Phi) is 5.14. The van der Waals surface area contributed by atoms with Crippen LogP contribution in [0.15, 0.2) is 18.2 Å². The Balaban J connectivity index is 2.58. The lowest BCUT2D eigenvalue weighted by Crippen LogP contribution is -2.10. The summed E-state index contributed by atoms with van der Waals surface area (Å²) >= 11 is 5.86. The first-order valence-corrected chi connectivity index (χ1v) is 5.98. The van der Waals surface area contributed by atoms with Crippen molar-refractivity contribution >= 4 is 17.3 Å². The third-order valence-corrected chi connectivity index (χ3v) is 2.85. The minimum atomic E-state index is 0.509. The molecule has 0 fully saturated rings. The van der Waals surface area contributed by atoms with Gasteiger partial charge in [-0.2, -0.15) is 5.26 Å². The molecule has 16 heavy (non-hydrogen) atoms. The number of hydrogen-bond donors (Lipinski definition) is 1. The SMILES string of the molecule is CCCC(C)CNc1ccc(Cl)c(C#N)c1.